The van der Waals surface area contributed by atoms with Gasteiger partial charge in [0, 0.05) is 24.3 Å². The molecule has 1 aromatic rings. The molecule has 4 heteroatoms. The first-order valence-electron chi connectivity index (χ1n) is 6.42. The van der Waals surface area contributed by atoms with Crippen molar-refractivity contribution in [3.63, 3.8) is 0 Å². The Bertz CT molecular complexity index is 373. The number of nitrogens with one attached hydrogen (secondary N) is 1. The predicted molar refractivity (Wildman–Crippen MR) is 73.8 cm³/mol. The second kappa shape index (κ2) is 5.71. The lowest BCUT2D eigenvalue weighted by molar-refractivity contribution is 0.754. The Morgan fingerprint density at radius 2 is 2.00 bits per heavy atom. The van der Waals surface area contributed by atoms with Gasteiger partial charge in [0.05, 0.1) is 0 Å². The fourth-order valence-electron chi connectivity index (χ4n) is 2.07. The van der Waals surface area contributed by atoms with Crippen molar-refractivity contribution in [2.75, 3.05) is 12.4 Å². The fourth-order valence-corrected chi connectivity index (χ4v) is 3.30. The summed E-state index contributed by atoms with van der Waals surface area (Å²) in [6.07, 6.45) is 5.42. The lowest BCUT2D eigenvalue weighted by Gasteiger charge is -2.12. The number of anilines is 1. The zero-order valence-electron chi connectivity index (χ0n) is 10.9. The maximum atomic E-state index is 4.66. The third kappa shape index (κ3) is 3.35. The highest BCUT2D eigenvalue weighted by atomic mass is 32.2. The van der Waals surface area contributed by atoms with E-state index in [4.69, 9.17) is 0 Å². The van der Waals surface area contributed by atoms with Crippen LogP contribution in [0.3, 0.4) is 0 Å². The number of hydrogen-bond acceptors (Lipinski definition) is 4. The smallest absolute Gasteiger partial charge is 0.134 e. The highest BCUT2D eigenvalue weighted by Crippen LogP contribution is 2.34. The van der Waals surface area contributed by atoms with Crippen LogP contribution in [0.2, 0.25) is 0 Å². The molecule has 0 aromatic carbocycles. The van der Waals surface area contributed by atoms with Gasteiger partial charge < -0.3 is 5.32 Å². The molecule has 0 atom stereocenters. The van der Waals surface area contributed by atoms with Crippen molar-refractivity contribution in [2.24, 2.45) is 0 Å². The molecule has 0 bridgehead atoms. The van der Waals surface area contributed by atoms with Gasteiger partial charge in [0.15, 0.2) is 0 Å². The van der Waals surface area contributed by atoms with Gasteiger partial charge in [-0.1, -0.05) is 26.7 Å². The minimum atomic E-state index is 0.381. The number of thioether (sulfide) groups is 1. The van der Waals surface area contributed by atoms with Gasteiger partial charge in [0.1, 0.15) is 16.7 Å². The van der Waals surface area contributed by atoms with Crippen LogP contribution in [0.5, 0.6) is 0 Å². The molecule has 0 unspecified atom stereocenters. The van der Waals surface area contributed by atoms with Crippen LogP contribution < -0.4 is 5.32 Å². The van der Waals surface area contributed by atoms with Crippen LogP contribution in [-0.2, 0) is 0 Å². The summed E-state index contributed by atoms with van der Waals surface area (Å²) in [5, 5.41) is 5.01. The van der Waals surface area contributed by atoms with Gasteiger partial charge in [-0.05, 0) is 12.8 Å². The van der Waals surface area contributed by atoms with Crippen LogP contribution >= 0.6 is 11.8 Å². The summed E-state index contributed by atoms with van der Waals surface area (Å²) >= 11 is 1.92. The SMILES string of the molecule is CNc1cc(SC2CCCC2)nc(C(C)C)n1. The molecule has 0 aliphatic heterocycles. The van der Waals surface area contributed by atoms with Gasteiger partial charge in [-0.3, -0.25) is 0 Å². The summed E-state index contributed by atoms with van der Waals surface area (Å²) in [5.41, 5.74) is 0. The summed E-state index contributed by atoms with van der Waals surface area (Å²) in [6, 6.07) is 2.06. The van der Waals surface area contributed by atoms with E-state index in [0.717, 1.165) is 21.9 Å². The maximum absolute atomic E-state index is 4.66. The van der Waals surface area contributed by atoms with Crippen LogP contribution in [0.1, 0.15) is 51.3 Å². The molecule has 1 N–H and O–H groups in total. The van der Waals surface area contributed by atoms with E-state index in [1.165, 1.54) is 25.7 Å². The third-order valence-corrected chi connectivity index (χ3v) is 4.34. The van der Waals surface area contributed by atoms with Crippen LogP contribution in [0.4, 0.5) is 5.82 Å². The first-order chi connectivity index (χ1) is 8.19. The lowest BCUT2D eigenvalue weighted by Crippen LogP contribution is -2.04. The quantitative estimate of drug-likeness (QED) is 0.828. The second-order valence-electron chi connectivity index (χ2n) is 4.88. The first-order valence-corrected chi connectivity index (χ1v) is 7.30. The molecule has 17 heavy (non-hydrogen) atoms. The molecule has 1 heterocycles. The number of hydrogen-bond donors (Lipinski definition) is 1. The molecule has 0 amide bonds. The summed E-state index contributed by atoms with van der Waals surface area (Å²) in [7, 11) is 1.91. The van der Waals surface area contributed by atoms with E-state index in [9.17, 15) is 0 Å². The monoisotopic (exact) mass is 251 g/mol. The number of aromatic nitrogens is 2. The molecule has 1 aliphatic rings. The van der Waals surface area contributed by atoms with Gasteiger partial charge in [-0.15, -0.1) is 11.8 Å². The Balaban J connectivity index is 2.16. The fraction of sp³-hybridized carbons (Fsp3) is 0.692. The summed E-state index contributed by atoms with van der Waals surface area (Å²) < 4.78 is 0. The molecule has 1 fully saturated rings. The van der Waals surface area contributed by atoms with Crippen LogP contribution in [0, 0.1) is 0 Å². The van der Waals surface area contributed by atoms with E-state index in [1.807, 2.05) is 18.8 Å². The second-order valence-corrected chi connectivity index (χ2v) is 6.20. The Kier molecular flexibility index (Phi) is 4.26. The first kappa shape index (κ1) is 12.7. The molecule has 94 valence electrons. The Morgan fingerprint density at radius 1 is 1.29 bits per heavy atom. The molecule has 3 nitrogen and oxygen atoms in total. The summed E-state index contributed by atoms with van der Waals surface area (Å²) in [6.45, 7) is 4.28. The maximum Gasteiger partial charge on any atom is 0.134 e. The van der Waals surface area contributed by atoms with Crippen LogP contribution in [0.25, 0.3) is 0 Å². The summed E-state index contributed by atoms with van der Waals surface area (Å²) in [4.78, 5) is 9.15. The van der Waals surface area contributed by atoms with E-state index < -0.39 is 0 Å². The summed E-state index contributed by atoms with van der Waals surface area (Å²) in [5.74, 6) is 2.26. The van der Waals surface area contributed by atoms with E-state index in [1.54, 1.807) is 0 Å². The molecule has 0 spiro atoms. The molecular weight excluding hydrogens is 230 g/mol. The number of nitrogens with zero attached hydrogens (tertiary/aromatic N) is 2. The minimum absolute atomic E-state index is 0.381. The Hall–Kier alpha value is -0.770. The van der Waals surface area contributed by atoms with E-state index in [2.05, 4.69) is 35.2 Å². The molecule has 2 rings (SSSR count). The van der Waals surface area contributed by atoms with Crippen LogP contribution in [-0.4, -0.2) is 22.3 Å². The van der Waals surface area contributed by atoms with Gasteiger partial charge in [0.25, 0.3) is 0 Å². The van der Waals surface area contributed by atoms with E-state index >= 15 is 0 Å². The van der Waals surface area contributed by atoms with Crippen molar-refractivity contribution in [1.29, 1.82) is 0 Å². The highest BCUT2D eigenvalue weighted by molar-refractivity contribution is 7.99. The highest BCUT2D eigenvalue weighted by Gasteiger charge is 2.18. The predicted octanol–water partition coefficient (Wildman–Crippen LogP) is 3.68. The van der Waals surface area contributed by atoms with Gasteiger partial charge in [-0.2, -0.15) is 0 Å². The zero-order valence-corrected chi connectivity index (χ0v) is 11.7. The Morgan fingerprint density at radius 3 is 2.59 bits per heavy atom. The molecule has 1 saturated carbocycles. The zero-order chi connectivity index (χ0) is 12.3. The number of rotatable bonds is 4. The van der Waals surface area contributed by atoms with Gasteiger partial charge in [0.2, 0.25) is 0 Å². The standard InChI is InChI=1S/C13H21N3S/c1-9(2)13-15-11(14-3)8-12(16-13)17-10-6-4-5-7-10/h8-10H,4-7H2,1-3H3,(H,14,15,16). The van der Waals surface area contributed by atoms with Gasteiger partial charge >= 0.3 is 0 Å². The van der Waals surface area contributed by atoms with Crippen LogP contribution in [0.15, 0.2) is 11.1 Å². The molecular formula is C13H21N3S. The normalized spacial score (nSPS) is 16.7. The topological polar surface area (TPSA) is 37.8 Å². The lowest BCUT2D eigenvalue weighted by atomic mass is 10.2. The minimum Gasteiger partial charge on any atom is -0.373 e. The molecule has 0 radical (unpaired) electrons. The average molecular weight is 251 g/mol. The van der Waals surface area contributed by atoms with Crippen molar-refractivity contribution < 1.29 is 0 Å². The van der Waals surface area contributed by atoms with Crippen molar-refractivity contribution >= 4 is 17.6 Å². The molecule has 1 aromatic heterocycles. The van der Waals surface area contributed by atoms with Gasteiger partial charge in [-0.25, -0.2) is 9.97 Å². The van der Waals surface area contributed by atoms with Crippen molar-refractivity contribution in [3.8, 4) is 0 Å². The van der Waals surface area contributed by atoms with E-state index in [0.29, 0.717) is 5.92 Å². The van der Waals surface area contributed by atoms with Crippen molar-refractivity contribution in [3.05, 3.63) is 11.9 Å². The molecule has 0 saturated heterocycles. The van der Waals surface area contributed by atoms with Crippen molar-refractivity contribution in [2.45, 2.75) is 55.7 Å². The largest absolute Gasteiger partial charge is 0.373 e. The average Bonchev–Trinajstić information content (AvgIpc) is 2.81. The van der Waals surface area contributed by atoms with Crippen molar-refractivity contribution in [1.82, 2.24) is 9.97 Å². The van der Waals surface area contributed by atoms with E-state index in [-0.39, 0.29) is 0 Å². The Labute approximate surface area is 108 Å². The molecule has 1 aliphatic carbocycles. The third-order valence-electron chi connectivity index (χ3n) is 3.08.